The summed E-state index contributed by atoms with van der Waals surface area (Å²) in [6.07, 6.45) is 0.423. The largest absolute Gasteiger partial charge is 0.444 e. The van der Waals surface area contributed by atoms with E-state index in [9.17, 15) is 13.2 Å². The normalized spacial score (nSPS) is 16.9. The van der Waals surface area contributed by atoms with Crippen LogP contribution in [0, 0.1) is 0 Å². The molecule has 6 nitrogen and oxygen atoms in total. The molecule has 0 aliphatic heterocycles. The highest BCUT2D eigenvalue weighted by molar-refractivity contribution is 7.96. The maximum absolute atomic E-state index is 11.6. The average molecular weight is 339 g/mol. The molecule has 0 bridgehead atoms. The van der Waals surface area contributed by atoms with Gasteiger partial charge in [0.05, 0.1) is 9.94 Å². The van der Waals surface area contributed by atoms with Crippen LogP contribution in [0.5, 0.6) is 0 Å². The van der Waals surface area contributed by atoms with Gasteiger partial charge in [0, 0.05) is 17.0 Å². The third-order valence-electron chi connectivity index (χ3n) is 2.12. The summed E-state index contributed by atoms with van der Waals surface area (Å²) in [5.41, 5.74) is -0.383. The fourth-order valence-electron chi connectivity index (χ4n) is 1.39. The molecule has 0 unspecified atom stereocenters. The highest BCUT2D eigenvalue weighted by Crippen LogP contribution is 2.26. The van der Waals surface area contributed by atoms with Crippen LogP contribution in [0.1, 0.15) is 27.2 Å². The number of sulfonamides is 1. The summed E-state index contributed by atoms with van der Waals surface area (Å²) in [6, 6.07) is 0. The zero-order chi connectivity index (χ0) is 15.7. The van der Waals surface area contributed by atoms with E-state index in [4.69, 9.17) is 33.7 Å². The van der Waals surface area contributed by atoms with Crippen LogP contribution in [-0.4, -0.2) is 25.0 Å². The van der Waals surface area contributed by atoms with Gasteiger partial charge in [-0.2, -0.15) is 0 Å². The van der Waals surface area contributed by atoms with Gasteiger partial charge in [-0.25, -0.2) is 18.4 Å². The van der Waals surface area contributed by atoms with Crippen molar-refractivity contribution >= 4 is 44.8 Å². The molecule has 0 aromatic heterocycles. The van der Waals surface area contributed by atoms with E-state index in [0.29, 0.717) is 0 Å². The zero-order valence-electron chi connectivity index (χ0n) is 11.2. The molecule has 0 saturated heterocycles. The lowest BCUT2D eigenvalue weighted by atomic mass is 10.1. The summed E-state index contributed by atoms with van der Waals surface area (Å²) in [7, 11) is -3.93. The number of rotatable bonds is 2. The number of primary sulfonamides is 1. The van der Waals surface area contributed by atoms with Crippen molar-refractivity contribution < 1.29 is 17.9 Å². The Morgan fingerprint density at radius 2 is 2.05 bits per heavy atom. The van der Waals surface area contributed by atoms with Crippen LogP contribution in [-0.2, 0) is 14.8 Å². The first-order valence-corrected chi connectivity index (χ1v) is 7.90. The fraction of sp³-hybridized carbons (Fsp3) is 0.455. The van der Waals surface area contributed by atoms with Crippen LogP contribution in [0.2, 0.25) is 0 Å². The first kappa shape index (κ1) is 17.1. The zero-order valence-corrected chi connectivity index (χ0v) is 13.6. The highest BCUT2D eigenvalue weighted by atomic mass is 35.5. The number of hydrogen-bond donors (Lipinski definition) is 2. The summed E-state index contributed by atoms with van der Waals surface area (Å²) in [6.45, 7) is 5.15. The van der Waals surface area contributed by atoms with Crippen molar-refractivity contribution in [2.24, 2.45) is 5.14 Å². The van der Waals surface area contributed by atoms with Gasteiger partial charge in [-0.1, -0.05) is 23.8 Å². The number of carbonyl (C=O) groups excluding carboxylic acids is 1. The van der Waals surface area contributed by atoms with Crippen molar-refractivity contribution in [1.29, 1.82) is 0 Å². The minimum absolute atomic E-state index is 0.00429. The van der Waals surface area contributed by atoms with Crippen molar-refractivity contribution in [1.82, 2.24) is 5.32 Å². The van der Waals surface area contributed by atoms with E-state index in [1.54, 1.807) is 20.8 Å². The second kappa shape index (κ2) is 5.80. The van der Waals surface area contributed by atoms with E-state index in [-0.39, 0.29) is 26.9 Å². The van der Waals surface area contributed by atoms with Gasteiger partial charge in [0.15, 0.2) is 0 Å². The van der Waals surface area contributed by atoms with Crippen LogP contribution < -0.4 is 10.5 Å². The number of hydrogen-bond acceptors (Lipinski definition) is 5. The van der Waals surface area contributed by atoms with E-state index in [1.807, 2.05) is 0 Å². The van der Waals surface area contributed by atoms with Gasteiger partial charge in [0.25, 0.3) is 0 Å². The number of halogens is 1. The molecule has 9 heteroatoms. The smallest absolute Gasteiger partial charge is 0.411 e. The number of amides is 1. The molecule has 0 fully saturated rings. The Balaban J connectivity index is 2.96. The Labute approximate surface area is 128 Å². The van der Waals surface area contributed by atoms with E-state index < -0.39 is 21.7 Å². The van der Waals surface area contributed by atoms with Gasteiger partial charge < -0.3 is 4.74 Å². The lowest BCUT2D eigenvalue weighted by Crippen LogP contribution is -2.34. The number of carbonyl (C=O) groups is 1. The molecule has 112 valence electrons. The maximum atomic E-state index is 11.6. The van der Waals surface area contributed by atoms with E-state index in [0.717, 1.165) is 6.08 Å². The minimum Gasteiger partial charge on any atom is -0.444 e. The van der Waals surface area contributed by atoms with Crippen molar-refractivity contribution in [3.05, 3.63) is 21.7 Å². The van der Waals surface area contributed by atoms with Crippen molar-refractivity contribution in [2.45, 2.75) is 32.8 Å². The molecular formula is C11H15ClN2O4S2. The first-order valence-electron chi connectivity index (χ1n) is 5.56. The summed E-state index contributed by atoms with van der Waals surface area (Å²) >= 11 is 10.9. The highest BCUT2D eigenvalue weighted by Gasteiger charge is 2.26. The molecule has 0 saturated carbocycles. The maximum Gasteiger partial charge on any atom is 0.411 e. The number of nitrogens with one attached hydrogen (secondary N) is 1. The Morgan fingerprint density at radius 1 is 1.50 bits per heavy atom. The van der Waals surface area contributed by atoms with Crippen LogP contribution in [0.4, 0.5) is 4.79 Å². The molecule has 3 N–H and O–H groups in total. The Morgan fingerprint density at radius 3 is 2.50 bits per heavy atom. The molecule has 1 aliphatic rings. The SMILES string of the molecule is CC(C)(C)OC(=O)NC1=C(Cl)C=C(S(N)(=O)=O)C(=S)C1. The molecule has 1 aliphatic carbocycles. The number of allylic oxidation sites excluding steroid dienone is 4. The Hall–Kier alpha value is -0.960. The van der Waals surface area contributed by atoms with Crippen LogP contribution in [0.15, 0.2) is 21.7 Å². The molecular weight excluding hydrogens is 324 g/mol. The topological polar surface area (TPSA) is 98.5 Å². The summed E-state index contributed by atoms with van der Waals surface area (Å²) < 4.78 is 27.6. The third kappa shape index (κ3) is 4.86. The molecule has 1 amide bonds. The van der Waals surface area contributed by atoms with Crippen molar-refractivity contribution in [3.63, 3.8) is 0 Å². The monoisotopic (exact) mass is 338 g/mol. The van der Waals surface area contributed by atoms with Gasteiger partial charge in [-0.05, 0) is 26.8 Å². The number of nitrogens with two attached hydrogens (primary N) is 1. The molecule has 20 heavy (non-hydrogen) atoms. The van der Waals surface area contributed by atoms with Crippen LogP contribution in [0.3, 0.4) is 0 Å². The van der Waals surface area contributed by atoms with E-state index >= 15 is 0 Å². The molecule has 0 aromatic rings. The first-order chi connectivity index (χ1) is 8.90. The van der Waals surface area contributed by atoms with E-state index in [1.165, 1.54) is 0 Å². The third-order valence-corrected chi connectivity index (χ3v) is 3.92. The number of thiocarbonyl (C=S) groups is 1. The average Bonchev–Trinajstić information content (AvgIpc) is 2.18. The molecule has 0 aromatic carbocycles. The van der Waals surface area contributed by atoms with Crippen molar-refractivity contribution in [3.8, 4) is 0 Å². The predicted octanol–water partition coefficient (Wildman–Crippen LogP) is 1.91. The predicted molar refractivity (Wildman–Crippen MR) is 80.7 cm³/mol. The summed E-state index contributed by atoms with van der Waals surface area (Å²) in [5.74, 6) is 0. The van der Waals surface area contributed by atoms with Crippen LogP contribution >= 0.6 is 23.8 Å². The van der Waals surface area contributed by atoms with Gasteiger partial charge in [-0.15, -0.1) is 0 Å². The number of ether oxygens (including phenoxy) is 1. The molecule has 0 radical (unpaired) electrons. The summed E-state index contributed by atoms with van der Waals surface area (Å²) in [5, 5.41) is 7.51. The second-order valence-corrected chi connectivity index (χ2v) is 7.54. The van der Waals surface area contributed by atoms with Gasteiger partial charge in [0.2, 0.25) is 10.0 Å². The Kier molecular flexibility index (Phi) is 4.96. The quantitative estimate of drug-likeness (QED) is 0.749. The van der Waals surface area contributed by atoms with Gasteiger partial charge in [0.1, 0.15) is 5.60 Å². The lowest BCUT2D eigenvalue weighted by molar-refractivity contribution is 0.0545. The van der Waals surface area contributed by atoms with Gasteiger partial charge in [-0.3, -0.25) is 5.32 Å². The van der Waals surface area contributed by atoms with Gasteiger partial charge >= 0.3 is 6.09 Å². The summed E-state index contributed by atoms with van der Waals surface area (Å²) in [4.78, 5) is 11.5. The molecule has 1 rings (SSSR count). The molecule has 0 atom stereocenters. The second-order valence-electron chi connectivity index (χ2n) is 5.11. The van der Waals surface area contributed by atoms with E-state index in [2.05, 4.69) is 5.32 Å². The fourth-order valence-corrected chi connectivity index (χ4v) is 2.90. The molecule has 0 spiro atoms. The minimum atomic E-state index is -3.93. The Bertz CT molecular complexity index is 615. The standard InChI is InChI=1S/C11H15ClN2O4S2/c1-11(2,3)18-10(15)14-7-5-8(19)9(4-6(7)12)20(13,16)17/h4H,5H2,1-3H3,(H,14,15)(H2,13,16,17). The lowest BCUT2D eigenvalue weighted by Gasteiger charge is -2.22. The number of alkyl carbamates (subject to hydrolysis) is 1. The molecule has 0 heterocycles. The van der Waals surface area contributed by atoms with Crippen LogP contribution in [0.25, 0.3) is 0 Å². The van der Waals surface area contributed by atoms with Crippen molar-refractivity contribution in [2.75, 3.05) is 0 Å².